The minimum Gasteiger partial charge on any atom is -0.490 e. The van der Waals surface area contributed by atoms with E-state index in [1.54, 1.807) is 30.6 Å². The molecule has 0 radical (unpaired) electrons. The Morgan fingerprint density at radius 1 is 1.00 bits per heavy atom. The summed E-state index contributed by atoms with van der Waals surface area (Å²) in [6, 6.07) is 14.6. The number of benzene rings is 2. The number of amides is 1. The third-order valence-corrected chi connectivity index (χ3v) is 4.68. The molecule has 7 heteroatoms. The van der Waals surface area contributed by atoms with Gasteiger partial charge in [0, 0.05) is 30.1 Å². The van der Waals surface area contributed by atoms with Crippen LogP contribution >= 0.6 is 0 Å². The van der Waals surface area contributed by atoms with Crippen molar-refractivity contribution in [3.05, 3.63) is 77.6 Å². The van der Waals surface area contributed by atoms with E-state index < -0.39 is 0 Å². The second kappa shape index (κ2) is 9.84. The number of hydrogen-bond donors (Lipinski definition) is 1. The predicted molar refractivity (Wildman–Crippen MR) is 115 cm³/mol. The number of carbonyl (C=O) groups is 1. The number of carbonyl (C=O) groups excluding carboxylic acids is 1. The van der Waals surface area contributed by atoms with Crippen molar-refractivity contribution in [1.82, 2.24) is 10.3 Å². The number of nitrogens with one attached hydrogen (secondary N) is 1. The lowest BCUT2D eigenvalue weighted by atomic mass is 10.1. The molecule has 0 unspecified atom stereocenters. The zero-order valence-corrected chi connectivity index (χ0v) is 17.3. The third-order valence-electron chi connectivity index (χ3n) is 4.68. The fraction of sp³-hybridized carbons (Fsp3) is 0.250. The number of hydrogen-bond acceptors (Lipinski definition) is 6. The van der Waals surface area contributed by atoms with E-state index in [0.717, 1.165) is 16.9 Å². The molecule has 1 aromatic heterocycles. The molecular formula is C24H24N2O5. The maximum atomic E-state index is 12.7. The quantitative estimate of drug-likeness (QED) is 0.598. The molecule has 2 aromatic carbocycles. The highest BCUT2D eigenvalue weighted by atomic mass is 16.6. The van der Waals surface area contributed by atoms with Crippen LogP contribution in [0.15, 0.2) is 60.9 Å². The maximum Gasteiger partial charge on any atom is 0.251 e. The summed E-state index contributed by atoms with van der Waals surface area (Å²) in [5.74, 6) is 2.33. The second-order valence-electron chi connectivity index (χ2n) is 6.91. The monoisotopic (exact) mass is 420 g/mol. The van der Waals surface area contributed by atoms with Crippen LogP contribution < -0.4 is 24.3 Å². The summed E-state index contributed by atoms with van der Waals surface area (Å²) in [6.07, 6.45) is 3.47. The molecule has 0 aliphatic carbocycles. The number of ether oxygens (including phenoxy) is 4. The average Bonchev–Trinajstić information content (AvgIpc) is 2.82. The van der Waals surface area contributed by atoms with Crippen LogP contribution in [0.4, 0.5) is 0 Å². The van der Waals surface area contributed by atoms with Crippen LogP contribution in [0.2, 0.25) is 0 Å². The lowest BCUT2D eigenvalue weighted by Gasteiger charge is -2.19. The van der Waals surface area contributed by atoms with Crippen LogP contribution in [0.3, 0.4) is 0 Å². The first-order valence-corrected chi connectivity index (χ1v) is 10.2. The van der Waals surface area contributed by atoms with Crippen LogP contribution in [0.25, 0.3) is 0 Å². The highest BCUT2D eigenvalue weighted by Gasteiger charge is 2.14. The van der Waals surface area contributed by atoms with Gasteiger partial charge < -0.3 is 24.3 Å². The summed E-state index contributed by atoms with van der Waals surface area (Å²) in [4.78, 5) is 16.8. The lowest BCUT2D eigenvalue weighted by Crippen LogP contribution is -2.23. The molecule has 0 bridgehead atoms. The normalized spacial score (nSPS) is 12.2. The molecule has 1 amide bonds. The van der Waals surface area contributed by atoms with E-state index >= 15 is 0 Å². The van der Waals surface area contributed by atoms with E-state index in [-0.39, 0.29) is 5.91 Å². The summed E-state index contributed by atoms with van der Waals surface area (Å²) in [6.45, 7) is 4.17. The lowest BCUT2D eigenvalue weighted by molar-refractivity contribution is 0.0950. The van der Waals surface area contributed by atoms with Crippen LogP contribution in [-0.2, 0) is 13.2 Å². The van der Waals surface area contributed by atoms with Gasteiger partial charge in [0.25, 0.3) is 5.91 Å². The van der Waals surface area contributed by atoms with Gasteiger partial charge in [-0.15, -0.1) is 0 Å². The van der Waals surface area contributed by atoms with Gasteiger partial charge in [-0.3, -0.25) is 9.78 Å². The Kier molecular flexibility index (Phi) is 6.52. The van der Waals surface area contributed by atoms with Crippen molar-refractivity contribution in [3.63, 3.8) is 0 Å². The Balaban J connectivity index is 1.41. The topological polar surface area (TPSA) is 78.9 Å². The SMILES string of the molecule is CCOc1cc(C(=O)NCc2ccc3c(c2)OCCO3)ccc1OCc1cccnc1. The summed E-state index contributed by atoms with van der Waals surface area (Å²) < 4.78 is 22.7. The molecule has 0 saturated carbocycles. The van der Waals surface area contributed by atoms with Crippen molar-refractivity contribution in [2.45, 2.75) is 20.1 Å². The Hall–Kier alpha value is -3.74. The minimum atomic E-state index is -0.199. The summed E-state index contributed by atoms with van der Waals surface area (Å²) in [7, 11) is 0. The van der Waals surface area contributed by atoms with Crippen molar-refractivity contribution in [1.29, 1.82) is 0 Å². The van der Waals surface area contributed by atoms with Crippen LogP contribution in [0.1, 0.15) is 28.4 Å². The number of fused-ring (bicyclic) bond motifs is 1. The molecule has 31 heavy (non-hydrogen) atoms. The van der Waals surface area contributed by atoms with Crippen LogP contribution in [0.5, 0.6) is 23.0 Å². The molecule has 2 heterocycles. The predicted octanol–water partition coefficient (Wildman–Crippen LogP) is 3.76. The third kappa shape index (κ3) is 5.25. The zero-order chi connectivity index (χ0) is 21.5. The molecule has 0 atom stereocenters. The summed E-state index contributed by atoms with van der Waals surface area (Å²) in [5.41, 5.74) is 2.37. The fourth-order valence-corrected chi connectivity index (χ4v) is 3.16. The van der Waals surface area contributed by atoms with E-state index in [9.17, 15) is 4.79 Å². The van der Waals surface area contributed by atoms with Crippen LogP contribution in [-0.4, -0.2) is 30.7 Å². The van der Waals surface area contributed by atoms with Gasteiger partial charge in [-0.05, 0) is 48.9 Å². The Morgan fingerprint density at radius 3 is 2.68 bits per heavy atom. The van der Waals surface area contributed by atoms with Crippen molar-refractivity contribution < 1.29 is 23.7 Å². The molecule has 3 aromatic rings. The smallest absolute Gasteiger partial charge is 0.251 e. The number of nitrogens with zero attached hydrogens (tertiary/aromatic N) is 1. The molecular weight excluding hydrogens is 396 g/mol. The fourth-order valence-electron chi connectivity index (χ4n) is 3.16. The van der Waals surface area contributed by atoms with E-state index in [0.29, 0.717) is 55.8 Å². The van der Waals surface area contributed by atoms with Gasteiger partial charge in [0.15, 0.2) is 23.0 Å². The number of aromatic nitrogens is 1. The highest BCUT2D eigenvalue weighted by Crippen LogP contribution is 2.31. The average molecular weight is 420 g/mol. The van der Waals surface area contributed by atoms with Gasteiger partial charge in [-0.2, -0.15) is 0 Å². The molecule has 0 spiro atoms. The molecule has 1 aliphatic rings. The number of rotatable bonds is 8. The molecule has 1 N–H and O–H groups in total. The van der Waals surface area contributed by atoms with E-state index in [1.165, 1.54) is 0 Å². The number of pyridine rings is 1. The standard InChI is InChI=1S/C24H24N2O5/c1-2-28-23-13-19(6-8-21(23)31-16-18-4-3-9-25-14-18)24(27)26-15-17-5-7-20-22(12-17)30-11-10-29-20/h3-9,12-14H,2,10-11,15-16H2,1H3,(H,26,27). The molecule has 7 nitrogen and oxygen atoms in total. The second-order valence-corrected chi connectivity index (χ2v) is 6.91. The van der Waals surface area contributed by atoms with Gasteiger partial charge in [0.05, 0.1) is 6.61 Å². The van der Waals surface area contributed by atoms with Gasteiger partial charge >= 0.3 is 0 Å². The molecule has 1 aliphatic heterocycles. The van der Waals surface area contributed by atoms with Gasteiger partial charge in [-0.1, -0.05) is 12.1 Å². The molecule has 4 rings (SSSR count). The first kappa shape index (κ1) is 20.5. The highest BCUT2D eigenvalue weighted by molar-refractivity contribution is 5.94. The van der Waals surface area contributed by atoms with Crippen molar-refractivity contribution in [3.8, 4) is 23.0 Å². The van der Waals surface area contributed by atoms with Crippen molar-refractivity contribution in [2.24, 2.45) is 0 Å². The first-order valence-electron chi connectivity index (χ1n) is 10.2. The van der Waals surface area contributed by atoms with Crippen molar-refractivity contribution >= 4 is 5.91 Å². The van der Waals surface area contributed by atoms with E-state index in [1.807, 2.05) is 37.3 Å². The molecule has 160 valence electrons. The zero-order valence-electron chi connectivity index (χ0n) is 17.3. The van der Waals surface area contributed by atoms with Gasteiger partial charge in [-0.25, -0.2) is 0 Å². The van der Waals surface area contributed by atoms with Crippen LogP contribution in [0, 0.1) is 0 Å². The Morgan fingerprint density at radius 2 is 1.87 bits per heavy atom. The Bertz CT molecular complexity index is 1040. The van der Waals surface area contributed by atoms with Gasteiger partial charge in [0.2, 0.25) is 0 Å². The first-order chi connectivity index (χ1) is 15.2. The minimum absolute atomic E-state index is 0.199. The molecule has 0 fully saturated rings. The summed E-state index contributed by atoms with van der Waals surface area (Å²) in [5, 5.41) is 2.93. The largest absolute Gasteiger partial charge is 0.490 e. The molecule has 0 saturated heterocycles. The van der Waals surface area contributed by atoms with Crippen molar-refractivity contribution in [2.75, 3.05) is 19.8 Å². The Labute approximate surface area is 180 Å². The maximum absolute atomic E-state index is 12.7. The van der Waals surface area contributed by atoms with E-state index in [2.05, 4.69) is 10.3 Å². The summed E-state index contributed by atoms with van der Waals surface area (Å²) >= 11 is 0. The van der Waals surface area contributed by atoms with Gasteiger partial charge in [0.1, 0.15) is 19.8 Å². The van der Waals surface area contributed by atoms with E-state index in [4.69, 9.17) is 18.9 Å².